The summed E-state index contributed by atoms with van der Waals surface area (Å²) >= 11 is 0. The zero-order valence-electron chi connectivity index (χ0n) is 20.7. The Hall–Kier alpha value is -4.03. The molecule has 0 saturated carbocycles. The number of fused-ring (bicyclic) bond motifs is 1. The number of nitrogens with zero attached hydrogens (tertiary/aromatic N) is 3. The molecule has 0 saturated heterocycles. The second-order valence-corrected chi connectivity index (χ2v) is 8.51. The van der Waals surface area contributed by atoms with Crippen molar-refractivity contribution in [2.24, 2.45) is 0 Å². The lowest BCUT2D eigenvalue weighted by molar-refractivity contribution is -0.128. The fourth-order valence-electron chi connectivity index (χ4n) is 4.37. The van der Waals surface area contributed by atoms with Gasteiger partial charge in [-0.25, -0.2) is 4.98 Å². The molecule has 3 aromatic carbocycles. The molecule has 0 aliphatic heterocycles. The van der Waals surface area contributed by atoms with Crippen LogP contribution >= 0.6 is 0 Å². The molecule has 0 spiro atoms. The summed E-state index contributed by atoms with van der Waals surface area (Å²) in [7, 11) is 1.65. The molecule has 1 amide bonds. The number of amides is 1. The lowest BCUT2D eigenvalue weighted by Gasteiger charge is -2.31. The Morgan fingerprint density at radius 3 is 2.36 bits per heavy atom. The Bertz CT molecular complexity index is 1380. The standard InChI is InChI=1S/C30H31N3O3/c1-3-27(32(21-12-22-36-2)28(34)20-19-23-13-6-4-7-14-23)29-31-26-18-11-10-17-25(26)30(35)33(29)24-15-8-5-9-16-24/h4-11,13-20,27H,3,12,21-22H2,1-2H3/b20-19+. The fraction of sp³-hybridized carbons (Fsp3) is 0.233. The zero-order valence-corrected chi connectivity index (χ0v) is 20.7. The van der Waals surface area contributed by atoms with Crippen molar-refractivity contribution in [3.63, 3.8) is 0 Å². The van der Waals surface area contributed by atoms with Crippen molar-refractivity contribution in [1.82, 2.24) is 14.5 Å². The number of aromatic nitrogens is 2. The minimum Gasteiger partial charge on any atom is -0.385 e. The first-order valence-corrected chi connectivity index (χ1v) is 12.2. The molecule has 184 valence electrons. The van der Waals surface area contributed by atoms with Crippen LogP contribution in [-0.2, 0) is 9.53 Å². The molecule has 0 N–H and O–H groups in total. The molecule has 1 unspecified atom stereocenters. The van der Waals surface area contributed by atoms with Gasteiger partial charge >= 0.3 is 0 Å². The molecule has 6 heteroatoms. The third-order valence-electron chi connectivity index (χ3n) is 6.13. The number of carbonyl (C=O) groups is 1. The summed E-state index contributed by atoms with van der Waals surface area (Å²) in [6.45, 7) is 3.01. The molecule has 0 aliphatic carbocycles. The van der Waals surface area contributed by atoms with Crippen LogP contribution in [-0.4, -0.2) is 40.6 Å². The number of methoxy groups -OCH3 is 1. The number of benzene rings is 3. The van der Waals surface area contributed by atoms with Crippen molar-refractivity contribution in [3.8, 4) is 5.69 Å². The highest BCUT2D eigenvalue weighted by Crippen LogP contribution is 2.26. The van der Waals surface area contributed by atoms with Gasteiger partial charge in [0, 0.05) is 26.3 Å². The predicted molar refractivity (Wildman–Crippen MR) is 144 cm³/mol. The van der Waals surface area contributed by atoms with Crippen LogP contribution in [0, 0.1) is 0 Å². The van der Waals surface area contributed by atoms with Crippen LogP contribution < -0.4 is 5.56 Å². The van der Waals surface area contributed by atoms with Crippen molar-refractivity contribution >= 4 is 22.9 Å². The number of para-hydroxylation sites is 2. The van der Waals surface area contributed by atoms with Crippen LogP contribution in [0.1, 0.15) is 37.2 Å². The van der Waals surface area contributed by atoms with Crippen molar-refractivity contribution in [2.75, 3.05) is 20.3 Å². The van der Waals surface area contributed by atoms with E-state index in [-0.39, 0.29) is 11.5 Å². The Labute approximate surface area is 211 Å². The van der Waals surface area contributed by atoms with Crippen LogP contribution in [0.2, 0.25) is 0 Å². The van der Waals surface area contributed by atoms with E-state index >= 15 is 0 Å². The normalized spacial score (nSPS) is 12.2. The van der Waals surface area contributed by atoms with Gasteiger partial charge in [0.25, 0.3) is 5.56 Å². The van der Waals surface area contributed by atoms with Gasteiger partial charge in [-0.1, -0.05) is 67.6 Å². The van der Waals surface area contributed by atoms with E-state index in [1.165, 1.54) is 0 Å². The third-order valence-corrected chi connectivity index (χ3v) is 6.13. The van der Waals surface area contributed by atoms with Gasteiger partial charge in [0.2, 0.25) is 5.91 Å². The maximum absolute atomic E-state index is 13.7. The highest BCUT2D eigenvalue weighted by atomic mass is 16.5. The number of rotatable bonds is 10. The van der Waals surface area contributed by atoms with Gasteiger partial charge < -0.3 is 9.64 Å². The highest BCUT2D eigenvalue weighted by Gasteiger charge is 2.28. The van der Waals surface area contributed by atoms with Gasteiger partial charge in [-0.15, -0.1) is 0 Å². The van der Waals surface area contributed by atoms with Crippen LogP contribution in [0.25, 0.3) is 22.7 Å². The Kier molecular flexibility index (Phi) is 8.42. The van der Waals surface area contributed by atoms with E-state index in [1.54, 1.807) is 28.7 Å². The largest absolute Gasteiger partial charge is 0.385 e. The monoisotopic (exact) mass is 481 g/mol. The summed E-state index contributed by atoms with van der Waals surface area (Å²) in [6.07, 6.45) is 4.67. The molecule has 0 bridgehead atoms. The van der Waals surface area contributed by atoms with Gasteiger partial charge in [-0.05, 0) is 48.7 Å². The molecule has 0 radical (unpaired) electrons. The van der Waals surface area contributed by atoms with Crippen LogP contribution in [0.15, 0.2) is 95.8 Å². The van der Waals surface area contributed by atoms with Crippen LogP contribution in [0.4, 0.5) is 0 Å². The van der Waals surface area contributed by atoms with Gasteiger partial charge in [0.05, 0.1) is 22.6 Å². The second-order valence-electron chi connectivity index (χ2n) is 8.51. The summed E-state index contributed by atoms with van der Waals surface area (Å²) in [5.74, 6) is 0.412. The molecule has 1 heterocycles. The van der Waals surface area contributed by atoms with E-state index < -0.39 is 6.04 Å². The van der Waals surface area contributed by atoms with E-state index in [2.05, 4.69) is 0 Å². The number of hydrogen-bond donors (Lipinski definition) is 0. The average molecular weight is 482 g/mol. The van der Waals surface area contributed by atoms with Crippen LogP contribution in [0.3, 0.4) is 0 Å². The maximum Gasteiger partial charge on any atom is 0.266 e. The molecule has 0 fully saturated rings. The van der Waals surface area contributed by atoms with Crippen molar-refractivity contribution in [1.29, 1.82) is 0 Å². The third kappa shape index (κ3) is 5.61. The molecule has 4 rings (SSSR count). The van der Waals surface area contributed by atoms with E-state index in [0.717, 1.165) is 11.3 Å². The number of ether oxygens (including phenoxy) is 1. The molecule has 0 aliphatic rings. The lowest BCUT2D eigenvalue weighted by atomic mass is 10.1. The SMILES string of the molecule is CCC(c1nc2ccccc2c(=O)n1-c1ccccc1)N(CCCOC)C(=O)/C=C/c1ccccc1. The smallest absolute Gasteiger partial charge is 0.266 e. The minimum atomic E-state index is -0.410. The van der Waals surface area contributed by atoms with Crippen molar-refractivity contribution < 1.29 is 9.53 Å². The van der Waals surface area contributed by atoms with E-state index in [9.17, 15) is 9.59 Å². The zero-order chi connectivity index (χ0) is 25.3. The first kappa shape index (κ1) is 25.1. The van der Waals surface area contributed by atoms with Crippen molar-refractivity contribution in [3.05, 3.63) is 113 Å². The molecule has 1 atom stereocenters. The van der Waals surface area contributed by atoms with Crippen LogP contribution in [0.5, 0.6) is 0 Å². The summed E-state index contributed by atoms with van der Waals surface area (Å²) in [6, 6.07) is 26.1. The molecular formula is C30H31N3O3. The average Bonchev–Trinajstić information content (AvgIpc) is 2.92. The Balaban J connectivity index is 1.83. The lowest BCUT2D eigenvalue weighted by Crippen LogP contribution is -2.38. The van der Waals surface area contributed by atoms with E-state index in [1.807, 2.05) is 91.9 Å². The Morgan fingerprint density at radius 2 is 1.67 bits per heavy atom. The highest BCUT2D eigenvalue weighted by molar-refractivity contribution is 5.92. The van der Waals surface area contributed by atoms with Gasteiger partial charge in [-0.2, -0.15) is 0 Å². The molecule has 36 heavy (non-hydrogen) atoms. The fourth-order valence-corrected chi connectivity index (χ4v) is 4.37. The molecule has 6 nitrogen and oxygen atoms in total. The van der Waals surface area contributed by atoms with E-state index in [0.29, 0.717) is 42.7 Å². The molecular weight excluding hydrogens is 450 g/mol. The Morgan fingerprint density at radius 1 is 1.00 bits per heavy atom. The second kappa shape index (κ2) is 12.1. The summed E-state index contributed by atoms with van der Waals surface area (Å²) in [5.41, 5.74) is 2.13. The van der Waals surface area contributed by atoms with Gasteiger partial charge in [0.1, 0.15) is 5.82 Å². The maximum atomic E-state index is 13.7. The topological polar surface area (TPSA) is 64.4 Å². The molecule has 1 aromatic heterocycles. The first-order chi connectivity index (χ1) is 17.6. The molecule has 4 aromatic rings. The summed E-state index contributed by atoms with van der Waals surface area (Å²) < 4.78 is 6.91. The van der Waals surface area contributed by atoms with Crippen molar-refractivity contribution in [2.45, 2.75) is 25.8 Å². The predicted octanol–water partition coefficient (Wildman–Crippen LogP) is 5.42. The summed E-state index contributed by atoms with van der Waals surface area (Å²) in [5, 5.41) is 0.543. The van der Waals surface area contributed by atoms with Gasteiger partial charge in [-0.3, -0.25) is 14.2 Å². The van der Waals surface area contributed by atoms with E-state index in [4.69, 9.17) is 9.72 Å². The number of carbonyl (C=O) groups excluding carboxylic acids is 1. The van der Waals surface area contributed by atoms with Gasteiger partial charge in [0.15, 0.2) is 0 Å². The minimum absolute atomic E-state index is 0.135. The summed E-state index contributed by atoms with van der Waals surface area (Å²) in [4.78, 5) is 34.0. The first-order valence-electron chi connectivity index (χ1n) is 12.2. The number of hydrogen-bond acceptors (Lipinski definition) is 4. The quantitative estimate of drug-likeness (QED) is 0.224.